The zero-order valence-electron chi connectivity index (χ0n) is 23.2. The molecule has 3 fully saturated rings. The van der Waals surface area contributed by atoms with Crippen LogP contribution in [0, 0.1) is 11.3 Å². The van der Waals surface area contributed by atoms with Crippen molar-refractivity contribution in [1.29, 1.82) is 0 Å². The van der Waals surface area contributed by atoms with Crippen LogP contribution in [0.3, 0.4) is 0 Å². The van der Waals surface area contributed by atoms with E-state index in [0.717, 1.165) is 57.7 Å². The van der Waals surface area contributed by atoms with Gasteiger partial charge in [-0.15, -0.1) is 13.2 Å². The molecule has 42 heavy (non-hydrogen) atoms. The van der Waals surface area contributed by atoms with Crippen LogP contribution < -0.4 is 20.3 Å². The summed E-state index contributed by atoms with van der Waals surface area (Å²) in [6, 6.07) is 4.21. The predicted molar refractivity (Wildman–Crippen MR) is 147 cm³/mol. The van der Waals surface area contributed by atoms with Gasteiger partial charge in [-0.1, -0.05) is 6.42 Å². The first-order valence-electron chi connectivity index (χ1n) is 14.2. The number of nitrogens with one attached hydrogen (secondary N) is 2. The van der Waals surface area contributed by atoms with E-state index in [4.69, 9.17) is 9.72 Å². The Kier molecular flexibility index (Phi) is 7.64. The molecule has 224 valence electrons. The number of ether oxygens (including phenoxy) is 2. The number of hydrogen-bond acceptors (Lipinski definition) is 9. The molecule has 3 aromatic rings. The second-order valence-electron chi connectivity index (χ2n) is 11.3. The van der Waals surface area contributed by atoms with Crippen LogP contribution in [0.2, 0.25) is 0 Å². The van der Waals surface area contributed by atoms with Gasteiger partial charge in [-0.25, -0.2) is 15.0 Å². The van der Waals surface area contributed by atoms with Crippen molar-refractivity contribution in [2.45, 2.75) is 50.9 Å². The van der Waals surface area contributed by atoms with E-state index in [1.54, 1.807) is 19.3 Å². The number of rotatable bonds is 7. The molecule has 3 atom stereocenters. The van der Waals surface area contributed by atoms with Gasteiger partial charge in [0.25, 0.3) is 0 Å². The molecule has 3 aromatic heterocycles. The highest BCUT2D eigenvalue weighted by Gasteiger charge is 2.44. The minimum Gasteiger partial charge on any atom is -0.406 e. The monoisotopic (exact) mass is 586 g/mol. The lowest BCUT2D eigenvalue weighted by Gasteiger charge is -2.37. The number of anilines is 3. The SMILES string of the molecule is CNC(=O)C1CCCC2(CCN(c3cc(Nc4cc(OC(F)(F)F)ccn4)nc(-c4cnn(C5CCOC5)c4)n3)C2)C1. The summed E-state index contributed by atoms with van der Waals surface area (Å²) in [5.41, 5.74) is 0.729. The van der Waals surface area contributed by atoms with Gasteiger partial charge >= 0.3 is 6.36 Å². The van der Waals surface area contributed by atoms with Gasteiger partial charge in [0.05, 0.1) is 24.4 Å². The topological polar surface area (TPSA) is 119 Å². The summed E-state index contributed by atoms with van der Waals surface area (Å²) < 4.78 is 49.8. The van der Waals surface area contributed by atoms with E-state index in [9.17, 15) is 18.0 Å². The molecule has 0 aromatic carbocycles. The van der Waals surface area contributed by atoms with Gasteiger partial charge in [0.1, 0.15) is 23.2 Å². The van der Waals surface area contributed by atoms with Crippen LogP contribution in [0.5, 0.6) is 5.75 Å². The van der Waals surface area contributed by atoms with Gasteiger partial charge in [-0.3, -0.25) is 9.48 Å². The molecule has 2 saturated heterocycles. The van der Waals surface area contributed by atoms with Crippen LogP contribution in [-0.4, -0.2) is 70.4 Å². The fourth-order valence-corrected chi connectivity index (χ4v) is 6.36. The summed E-state index contributed by atoms with van der Waals surface area (Å²) in [7, 11) is 1.68. The molecular formula is C28H33F3N8O3. The molecule has 2 aliphatic heterocycles. The summed E-state index contributed by atoms with van der Waals surface area (Å²) in [5, 5.41) is 10.3. The molecule has 1 amide bonds. The average molecular weight is 587 g/mol. The van der Waals surface area contributed by atoms with E-state index in [1.165, 1.54) is 12.3 Å². The lowest BCUT2D eigenvalue weighted by atomic mass is 9.69. The Labute approximate surface area is 240 Å². The van der Waals surface area contributed by atoms with E-state index in [0.29, 0.717) is 36.2 Å². The van der Waals surface area contributed by atoms with Crippen molar-refractivity contribution in [3.8, 4) is 17.1 Å². The number of carbonyl (C=O) groups excluding carboxylic acids is 1. The van der Waals surface area contributed by atoms with Crippen molar-refractivity contribution >= 4 is 23.4 Å². The zero-order chi connectivity index (χ0) is 29.3. The maximum atomic E-state index is 12.8. The number of halogens is 3. The van der Waals surface area contributed by atoms with Crippen molar-refractivity contribution in [2.75, 3.05) is 43.6 Å². The second kappa shape index (κ2) is 11.4. The molecular weight excluding hydrogens is 553 g/mol. The highest BCUT2D eigenvalue weighted by atomic mass is 19.4. The Hall–Kier alpha value is -3.94. The maximum Gasteiger partial charge on any atom is 0.573 e. The summed E-state index contributed by atoms with van der Waals surface area (Å²) in [6.45, 7) is 2.79. The van der Waals surface area contributed by atoms with Crippen molar-refractivity contribution in [2.24, 2.45) is 11.3 Å². The molecule has 11 nitrogen and oxygen atoms in total. The number of carbonyl (C=O) groups is 1. The maximum absolute atomic E-state index is 12.8. The molecule has 3 aliphatic rings. The fraction of sp³-hybridized carbons (Fsp3) is 0.536. The van der Waals surface area contributed by atoms with E-state index >= 15 is 0 Å². The number of aromatic nitrogens is 5. The summed E-state index contributed by atoms with van der Waals surface area (Å²) in [6.07, 6.45) is 5.59. The molecule has 3 unspecified atom stereocenters. The first kappa shape index (κ1) is 28.2. The van der Waals surface area contributed by atoms with Gasteiger partial charge < -0.3 is 25.0 Å². The van der Waals surface area contributed by atoms with Crippen LogP contribution >= 0.6 is 0 Å². The van der Waals surface area contributed by atoms with Crippen LogP contribution in [0.15, 0.2) is 36.8 Å². The Bertz CT molecular complexity index is 1430. The first-order valence-corrected chi connectivity index (χ1v) is 14.2. The molecule has 1 saturated carbocycles. The normalized spacial score (nSPS) is 24.2. The second-order valence-corrected chi connectivity index (χ2v) is 11.3. The molecule has 14 heteroatoms. The van der Waals surface area contributed by atoms with Crippen LogP contribution in [-0.2, 0) is 9.53 Å². The summed E-state index contributed by atoms with van der Waals surface area (Å²) in [5.74, 6) is 1.33. The number of alkyl halides is 3. The largest absolute Gasteiger partial charge is 0.573 e. The Balaban J connectivity index is 1.29. The van der Waals surface area contributed by atoms with Crippen LogP contribution in [0.25, 0.3) is 11.4 Å². The Morgan fingerprint density at radius 2 is 2.07 bits per heavy atom. The highest BCUT2D eigenvalue weighted by molar-refractivity contribution is 5.78. The zero-order valence-corrected chi connectivity index (χ0v) is 23.2. The molecule has 1 spiro atoms. The van der Waals surface area contributed by atoms with E-state index in [2.05, 4.69) is 35.3 Å². The minimum absolute atomic E-state index is 0.00422. The molecule has 6 rings (SSSR count). The van der Waals surface area contributed by atoms with Crippen molar-refractivity contribution in [1.82, 2.24) is 30.0 Å². The standard InChI is InChI=1S/C28H33F3N8O3/c1-32-26(40)18-3-2-6-27(13-18)7-9-38(17-27)24-12-23(35-22-11-21(4-8-33-22)42-28(29,30)31)36-25(37-24)19-14-34-39(15-19)20-5-10-41-16-20/h4,8,11-12,14-15,18,20H,2-3,5-7,9-10,13,16-17H2,1H3,(H,32,40)(H,33,35,36,37). The smallest absolute Gasteiger partial charge is 0.406 e. The highest BCUT2D eigenvalue weighted by Crippen LogP contribution is 2.47. The number of pyridine rings is 1. The predicted octanol–water partition coefficient (Wildman–Crippen LogP) is 4.47. The lowest BCUT2D eigenvalue weighted by molar-refractivity contribution is -0.274. The Morgan fingerprint density at radius 1 is 1.19 bits per heavy atom. The minimum atomic E-state index is -4.82. The molecule has 1 aliphatic carbocycles. The average Bonchev–Trinajstić information content (AvgIpc) is 3.73. The molecule has 0 radical (unpaired) electrons. The third-order valence-electron chi connectivity index (χ3n) is 8.39. The first-order chi connectivity index (χ1) is 20.2. The number of hydrogen-bond donors (Lipinski definition) is 2. The Morgan fingerprint density at radius 3 is 2.86 bits per heavy atom. The molecule has 2 N–H and O–H groups in total. The third kappa shape index (κ3) is 6.27. The number of amides is 1. The summed E-state index contributed by atoms with van der Waals surface area (Å²) in [4.78, 5) is 28.4. The van der Waals surface area contributed by atoms with Gasteiger partial charge in [0.2, 0.25) is 5.91 Å². The van der Waals surface area contributed by atoms with E-state index < -0.39 is 6.36 Å². The summed E-state index contributed by atoms with van der Waals surface area (Å²) >= 11 is 0. The molecule has 0 bridgehead atoms. The van der Waals surface area contributed by atoms with E-state index in [1.807, 2.05) is 10.9 Å². The fourth-order valence-electron chi connectivity index (χ4n) is 6.36. The van der Waals surface area contributed by atoms with Gasteiger partial charge in [-0.05, 0) is 43.6 Å². The van der Waals surface area contributed by atoms with Crippen molar-refractivity contribution < 1.29 is 27.4 Å². The quantitative estimate of drug-likeness (QED) is 0.413. The van der Waals surface area contributed by atoms with Crippen molar-refractivity contribution in [3.05, 3.63) is 36.8 Å². The number of nitrogens with zero attached hydrogens (tertiary/aromatic N) is 6. The lowest BCUT2D eigenvalue weighted by Crippen LogP contribution is -2.38. The van der Waals surface area contributed by atoms with Crippen LogP contribution in [0.4, 0.5) is 30.6 Å². The van der Waals surface area contributed by atoms with Gasteiger partial charge in [0, 0.05) is 57.2 Å². The van der Waals surface area contributed by atoms with E-state index in [-0.39, 0.29) is 34.8 Å². The van der Waals surface area contributed by atoms with Crippen LogP contribution in [0.1, 0.15) is 44.6 Å². The van der Waals surface area contributed by atoms with Crippen molar-refractivity contribution in [3.63, 3.8) is 0 Å². The van der Waals surface area contributed by atoms with Gasteiger partial charge in [-0.2, -0.15) is 5.10 Å². The molecule has 5 heterocycles. The third-order valence-corrected chi connectivity index (χ3v) is 8.39. The van der Waals surface area contributed by atoms with Gasteiger partial charge in [0.15, 0.2) is 5.82 Å².